The molecule has 47 heavy (non-hydrogen) atoms. The lowest BCUT2D eigenvalue weighted by atomic mass is 10.0. The molecular weight excluding hydrogens is 723 g/mol. The maximum absolute atomic E-state index is 12.5. The zero-order valence-corrected chi connectivity index (χ0v) is 29.1. The molecule has 4 atom stereocenters. The summed E-state index contributed by atoms with van der Waals surface area (Å²) in [7, 11) is 0. The fraction of sp³-hybridized carbons (Fsp3) is 0.613. The fourth-order valence-corrected chi connectivity index (χ4v) is 5.22. The Kier molecular flexibility index (Phi) is 18.8. The van der Waals surface area contributed by atoms with Gasteiger partial charge in [-0.3, -0.25) is 20.0 Å². The standard InChI is InChI=1S/C31H51IN8O7/c1-2-3-4-7-14-40(18-23(42)26(44)27(45)24(43)19-41)15-16-47-21-11-9-20(10-12-21)8-5-6-13-36-31(35)39-30(46)25-29(34)38-28(33)22(17-32)37-25/h9-12,23-24,26-27,41-45H,2-8,13-19H2,1H3,(H4,33,34,38)(H3,35,36,39,46)/t23-,24+,26+,27+/m0/s1. The zero-order chi connectivity index (χ0) is 34.8. The van der Waals surface area contributed by atoms with Crippen LogP contribution in [0, 0.1) is 0 Å². The number of carbonyl (C=O) groups is 1. The van der Waals surface area contributed by atoms with Crippen molar-refractivity contribution in [1.29, 1.82) is 0 Å². The lowest BCUT2D eigenvalue weighted by Crippen LogP contribution is -2.50. The molecule has 12 N–H and O–H groups in total. The van der Waals surface area contributed by atoms with E-state index in [9.17, 15) is 25.2 Å². The summed E-state index contributed by atoms with van der Waals surface area (Å²) in [5.41, 5.74) is 18.9. The van der Waals surface area contributed by atoms with E-state index in [0.717, 1.165) is 50.5 Å². The Labute approximate surface area is 289 Å². The van der Waals surface area contributed by atoms with Gasteiger partial charge in [0, 0.05) is 24.1 Å². The van der Waals surface area contributed by atoms with E-state index in [0.29, 0.717) is 42.1 Å². The molecule has 0 fully saturated rings. The third-order valence-corrected chi connectivity index (χ3v) is 8.19. The van der Waals surface area contributed by atoms with E-state index in [1.807, 2.05) is 29.2 Å². The van der Waals surface area contributed by atoms with Gasteiger partial charge in [0.2, 0.25) is 0 Å². The van der Waals surface area contributed by atoms with Gasteiger partial charge in [0.15, 0.2) is 17.5 Å². The van der Waals surface area contributed by atoms with Gasteiger partial charge >= 0.3 is 0 Å². The predicted molar refractivity (Wildman–Crippen MR) is 189 cm³/mol. The first-order chi connectivity index (χ1) is 22.5. The van der Waals surface area contributed by atoms with Crippen LogP contribution in [-0.4, -0.2) is 116 Å². The van der Waals surface area contributed by atoms with Crippen molar-refractivity contribution >= 4 is 46.1 Å². The van der Waals surface area contributed by atoms with Crippen LogP contribution in [0.25, 0.3) is 0 Å². The molecular formula is C31H51IN8O7. The van der Waals surface area contributed by atoms with Crippen LogP contribution in [0.2, 0.25) is 0 Å². The van der Waals surface area contributed by atoms with Crippen LogP contribution in [0.5, 0.6) is 5.75 Å². The second kappa shape index (κ2) is 21.9. The molecule has 0 spiro atoms. The molecule has 0 aliphatic heterocycles. The first-order valence-corrected chi connectivity index (χ1v) is 17.4. The van der Waals surface area contributed by atoms with Crippen LogP contribution in [0.3, 0.4) is 0 Å². The van der Waals surface area contributed by atoms with E-state index >= 15 is 0 Å². The molecule has 0 saturated carbocycles. The number of nitrogen functional groups attached to an aromatic ring is 2. The molecule has 0 saturated heterocycles. The van der Waals surface area contributed by atoms with Crippen LogP contribution in [0.15, 0.2) is 29.3 Å². The Morgan fingerprint density at radius 1 is 0.979 bits per heavy atom. The molecule has 1 heterocycles. The van der Waals surface area contributed by atoms with Gasteiger partial charge in [-0.05, 0) is 49.9 Å². The highest BCUT2D eigenvalue weighted by molar-refractivity contribution is 14.1. The summed E-state index contributed by atoms with van der Waals surface area (Å²) < 4.78 is 6.40. The van der Waals surface area contributed by atoms with Crippen molar-refractivity contribution < 1.29 is 35.1 Å². The van der Waals surface area contributed by atoms with Gasteiger partial charge < -0.3 is 47.5 Å². The topological polar surface area (TPSA) is 259 Å². The fourth-order valence-electron chi connectivity index (χ4n) is 4.65. The minimum Gasteiger partial charge on any atom is -0.492 e. The van der Waals surface area contributed by atoms with Crippen LogP contribution in [0.1, 0.15) is 67.2 Å². The molecule has 0 aliphatic rings. The van der Waals surface area contributed by atoms with E-state index in [-0.39, 0.29) is 29.8 Å². The van der Waals surface area contributed by atoms with Crippen molar-refractivity contribution in [2.24, 2.45) is 10.7 Å². The van der Waals surface area contributed by atoms with E-state index < -0.39 is 36.9 Å². The number of unbranched alkanes of at least 4 members (excludes halogenated alkanes) is 4. The number of rotatable bonds is 22. The average Bonchev–Trinajstić information content (AvgIpc) is 3.05. The number of aliphatic hydroxyl groups is 5. The highest BCUT2D eigenvalue weighted by Gasteiger charge is 2.31. The van der Waals surface area contributed by atoms with Gasteiger partial charge in [0.25, 0.3) is 5.91 Å². The Bertz CT molecular complexity index is 1240. The van der Waals surface area contributed by atoms with Gasteiger partial charge in [0.05, 0.1) is 18.4 Å². The largest absolute Gasteiger partial charge is 0.492 e. The zero-order valence-electron chi connectivity index (χ0n) is 27.0. The molecule has 2 aromatic rings. The first-order valence-electron chi connectivity index (χ1n) is 15.9. The van der Waals surface area contributed by atoms with Gasteiger partial charge in [-0.1, -0.05) is 60.9 Å². The highest BCUT2D eigenvalue weighted by atomic mass is 127. The Hall–Kier alpha value is -2.87. The number of nitrogens with one attached hydrogen (secondary N) is 1. The molecule has 264 valence electrons. The molecule has 16 heteroatoms. The lowest BCUT2D eigenvalue weighted by molar-refractivity contribution is -0.119. The van der Waals surface area contributed by atoms with E-state index in [1.165, 1.54) is 0 Å². The van der Waals surface area contributed by atoms with Gasteiger partial charge in [0.1, 0.15) is 36.5 Å². The summed E-state index contributed by atoms with van der Waals surface area (Å²) in [6.45, 7) is 3.43. The second-order valence-electron chi connectivity index (χ2n) is 11.3. The van der Waals surface area contributed by atoms with Crippen molar-refractivity contribution in [2.75, 3.05) is 50.9 Å². The number of hydrogen-bond acceptors (Lipinski definition) is 13. The summed E-state index contributed by atoms with van der Waals surface area (Å²) in [6, 6.07) is 7.78. The maximum atomic E-state index is 12.5. The average molecular weight is 775 g/mol. The number of hydrogen-bond donors (Lipinski definition) is 9. The van der Waals surface area contributed by atoms with Crippen LogP contribution < -0.4 is 27.3 Å². The summed E-state index contributed by atoms with van der Waals surface area (Å²) in [6.07, 6.45) is 0.451. The van der Waals surface area contributed by atoms with Crippen molar-refractivity contribution in [3.05, 3.63) is 41.2 Å². The molecule has 2 rings (SSSR count). The molecule has 15 nitrogen and oxygen atoms in total. The van der Waals surface area contributed by atoms with Gasteiger partial charge in [-0.25, -0.2) is 9.97 Å². The van der Waals surface area contributed by atoms with Gasteiger partial charge in [-0.2, -0.15) is 0 Å². The monoisotopic (exact) mass is 774 g/mol. The number of nitrogens with zero attached hydrogens (tertiary/aromatic N) is 4. The van der Waals surface area contributed by atoms with Crippen molar-refractivity contribution in [1.82, 2.24) is 20.2 Å². The maximum Gasteiger partial charge on any atom is 0.280 e. The number of ether oxygens (including phenoxy) is 1. The first kappa shape index (κ1) is 40.3. The number of aliphatic imine (C=N–C) groups is 1. The molecule has 1 amide bonds. The Morgan fingerprint density at radius 2 is 1.68 bits per heavy atom. The summed E-state index contributed by atoms with van der Waals surface area (Å²) in [5, 5.41) is 51.8. The van der Waals surface area contributed by atoms with Crippen LogP contribution in [-0.2, 0) is 10.8 Å². The molecule has 0 unspecified atom stereocenters. The number of alkyl halides is 1. The summed E-state index contributed by atoms with van der Waals surface area (Å²) >= 11 is 2.07. The lowest BCUT2D eigenvalue weighted by Gasteiger charge is -2.30. The van der Waals surface area contributed by atoms with Crippen molar-refractivity contribution in [3.8, 4) is 5.75 Å². The van der Waals surface area contributed by atoms with Crippen molar-refractivity contribution in [2.45, 2.75) is 80.7 Å². The molecule has 0 radical (unpaired) electrons. The number of aromatic nitrogens is 2. The number of benzene rings is 1. The normalized spacial score (nSPS) is 14.5. The summed E-state index contributed by atoms with van der Waals surface area (Å²) in [4.78, 5) is 26.8. The number of halogens is 1. The quantitative estimate of drug-likeness (QED) is 0.0258. The highest BCUT2D eigenvalue weighted by Crippen LogP contribution is 2.16. The molecule has 0 bridgehead atoms. The number of guanidine groups is 1. The Balaban J connectivity index is 1.77. The minimum atomic E-state index is -1.66. The number of aliphatic hydroxyl groups excluding tert-OH is 5. The van der Waals surface area contributed by atoms with Crippen molar-refractivity contribution in [3.63, 3.8) is 0 Å². The molecule has 1 aromatic heterocycles. The number of aryl methyl sites for hydroxylation is 1. The predicted octanol–water partition coefficient (Wildman–Crippen LogP) is 0.340. The Morgan fingerprint density at radius 3 is 2.34 bits per heavy atom. The number of anilines is 2. The van der Waals surface area contributed by atoms with E-state index in [2.05, 4.69) is 49.8 Å². The minimum absolute atomic E-state index is 0.0335. The number of nitrogens with two attached hydrogens (primary N) is 3. The molecule has 1 aromatic carbocycles. The second-order valence-corrected chi connectivity index (χ2v) is 12.0. The van der Waals surface area contributed by atoms with Crippen LogP contribution >= 0.6 is 22.6 Å². The third kappa shape index (κ3) is 14.4. The summed E-state index contributed by atoms with van der Waals surface area (Å²) in [5.74, 6) is 0.166. The van der Waals surface area contributed by atoms with Crippen LogP contribution in [0.4, 0.5) is 11.6 Å². The van der Waals surface area contributed by atoms with E-state index in [4.69, 9.17) is 27.0 Å². The molecule has 0 aliphatic carbocycles. The SMILES string of the molecule is CCCCCCN(CCOc1ccc(CCCCN=C(N)NC(=O)c2nc(CI)c(N)nc2N)cc1)C[C@H](O)[C@@H](O)[C@H](O)[C@H](O)CO. The number of carbonyl (C=O) groups excluding carboxylic acids is 1. The van der Waals surface area contributed by atoms with Gasteiger partial charge in [-0.15, -0.1) is 0 Å². The smallest absolute Gasteiger partial charge is 0.280 e. The third-order valence-electron chi connectivity index (χ3n) is 7.46. The number of amides is 1. The van der Waals surface area contributed by atoms with E-state index in [1.54, 1.807) is 0 Å².